The Hall–Kier alpha value is -2.41. The predicted octanol–water partition coefficient (Wildman–Crippen LogP) is 5.03. The minimum atomic E-state index is 1.02. The smallest absolute Gasteiger partial charge is 0.0702 e. The lowest BCUT2D eigenvalue weighted by Gasteiger charge is -2.05. The first-order valence-corrected chi connectivity index (χ1v) is 6.82. The van der Waals surface area contributed by atoms with Gasteiger partial charge >= 0.3 is 0 Å². The molecule has 0 amide bonds. The number of nitrogens with zero attached hydrogens (tertiary/aromatic N) is 1. The molecule has 0 unspecified atom stereocenters. The Morgan fingerprint density at radius 1 is 0.550 bits per heavy atom. The molecule has 0 aliphatic carbocycles. The summed E-state index contributed by atoms with van der Waals surface area (Å²) in [4.78, 5) is 4.46. The second-order valence-electron chi connectivity index (χ2n) is 5.16. The third-order valence-corrected chi connectivity index (χ3v) is 3.48. The summed E-state index contributed by atoms with van der Waals surface area (Å²) in [6, 6.07) is 21.3. The van der Waals surface area contributed by atoms with Crippen LogP contribution in [0.3, 0.4) is 0 Å². The lowest BCUT2D eigenvalue weighted by atomic mass is 10.0. The third-order valence-electron chi connectivity index (χ3n) is 3.48. The Morgan fingerprint density at radius 2 is 1.05 bits per heavy atom. The monoisotopic (exact) mass is 259 g/mol. The maximum Gasteiger partial charge on any atom is 0.0702 e. The van der Waals surface area contributed by atoms with Gasteiger partial charge in [0.1, 0.15) is 0 Å². The van der Waals surface area contributed by atoms with Crippen molar-refractivity contribution >= 4 is 0 Å². The van der Waals surface area contributed by atoms with Gasteiger partial charge in [0, 0.05) is 11.8 Å². The standard InChI is InChI=1S/C19H17N/c1-14-3-6-16(7-4-14)17-8-10-18(11-9-17)19-12-5-15(2)13-20-19/h3-13H,1-2H3. The summed E-state index contributed by atoms with van der Waals surface area (Å²) >= 11 is 0. The molecule has 98 valence electrons. The van der Waals surface area contributed by atoms with E-state index in [4.69, 9.17) is 0 Å². The van der Waals surface area contributed by atoms with Crippen molar-refractivity contribution in [2.45, 2.75) is 13.8 Å². The Bertz CT molecular complexity index is 628. The van der Waals surface area contributed by atoms with E-state index < -0.39 is 0 Å². The highest BCUT2D eigenvalue weighted by molar-refractivity contribution is 5.68. The number of hydrogen-bond donors (Lipinski definition) is 0. The predicted molar refractivity (Wildman–Crippen MR) is 84.6 cm³/mol. The third kappa shape index (κ3) is 2.62. The van der Waals surface area contributed by atoms with Crippen molar-refractivity contribution in [1.82, 2.24) is 4.98 Å². The summed E-state index contributed by atoms with van der Waals surface area (Å²) in [7, 11) is 0. The highest BCUT2D eigenvalue weighted by Gasteiger charge is 2.01. The van der Waals surface area contributed by atoms with Crippen LogP contribution in [0.1, 0.15) is 11.1 Å². The van der Waals surface area contributed by atoms with E-state index in [1.807, 2.05) is 6.20 Å². The molecular formula is C19H17N. The Balaban J connectivity index is 1.91. The molecule has 0 aliphatic heterocycles. The van der Waals surface area contributed by atoms with Crippen molar-refractivity contribution in [3.05, 3.63) is 78.0 Å². The van der Waals surface area contributed by atoms with Gasteiger partial charge in [0.05, 0.1) is 5.69 Å². The first-order valence-electron chi connectivity index (χ1n) is 6.82. The molecule has 0 N–H and O–H groups in total. The lowest BCUT2D eigenvalue weighted by Crippen LogP contribution is -1.84. The van der Waals surface area contributed by atoms with Gasteiger partial charge in [-0.1, -0.05) is 60.2 Å². The maximum atomic E-state index is 4.46. The van der Waals surface area contributed by atoms with Crippen LogP contribution >= 0.6 is 0 Å². The summed E-state index contributed by atoms with van der Waals surface area (Å²) in [5.41, 5.74) is 7.13. The number of aryl methyl sites for hydroxylation is 2. The molecule has 3 aromatic rings. The molecule has 20 heavy (non-hydrogen) atoms. The molecule has 0 atom stereocenters. The zero-order valence-electron chi connectivity index (χ0n) is 11.8. The highest BCUT2D eigenvalue weighted by Crippen LogP contribution is 2.24. The zero-order chi connectivity index (χ0) is 13.9. The lowest BCUT2D eigenvalue weighted by molar-refractivity contribution is 1.27. The van der Waals surface area contributed by atoms with Crippen molar-refractivity contribution in [2.24, 2.45) is 0 Å². The van der Waals surface area contributed by atoms with E-state index in [1.54, 1.807) is 0 Å². The van der Waals surface area contributed by atoms with Crippen LogP contribution in [0.2, 0.25) is 0 Å². The molecule has 1 heteroatoms. The van der Waals surface area contributed by atoms with Crippen molar-refractivity contribution < 1.29 is 0 Å². The van der Waals surface area contributed by atoms with Crippen molar-refractivity contribution in [1.29, 1.82) is 0 Å². The fraction of sp³-hybridized carbons (Fsp3) is 0.105. The van der Waals surface area contributed by atoms with Crippen LogP contribution in [0.4, 0.5) is 0 Å². The molecule has 0 saturated carbocycles. The van der Waals surface area contributed by atoms with Crippen LogP contribution in [-0.2, 0) is 0 Å². The number of aromatic nitrogens is 1. The largest absolute Gasteiger partial charge is 0.256 e. The summed E-state index contributed by atoms with van der Waals surface area (Å²) in [5, 5.41) is 0. The Morgan fingerprint density at radius 3 is 1.60 bits per heavy atom. The molecule has 0 spiro atoms. The Kier molecular flexibility index (Phi) is 3.34. The van der Waals surface area contributed by atoms with E-state index in [0.29, 0.717) is 0 Å². The molecule has 0 saturated heterocycles. The van der Waals surface area contributed by atoms with Crippen LogP contribution in [0.5, 0.6) is 0 Å². The van der Waals surface area contributed by atoms with E-state index in [1.165, 1.54) is 22.3 Å². The van der Waals surface area contributed by atoms with Gasteiger partial charge in [0.25, 0.3) is 0 Å². The summed E-state index contributed by atoms with van der Waals surface area (Å²) in [5.74, 6) is 0. The van der Waals surface area contributed by atoms with Crippen molar-refractivity contribution in [3.8, 4) is 22.4 Å². The molecule has 0 fully saturated rings. The van der Waals surface area contributed by atoms with Gasteiger partial charge in [-0.05, 0) is 36.6 Å². The maximum absolute atomic E-state index is 4.46. The minimum absolute atomic E-state index is 1.02. The van der Waals surface area contributed by atoms with E-state index >= 15 is 0 Å². The van der Waals surface area contributed by atoms with Crippen LogP contribution in [0.15, 0.2) is 66.9 Å². The van der Waals surface area contributed by atoms with Crippen molar-refractivity contribution in [2.75, 3.05) is 0 Å². The second-order valence-corrected chi connectivity index (χ2v) is 5.16. The van der Waals surface area contributed by atoms with Gasteiger partial charge in [-0.15, -0.1) is 0 Å². The summed E-state index contributed by atoms with van der Waals surface area (Å²) in [6.07, 6.45) is 1.91. The first kappa shape index (κ1) is 12.6. The minimum Gasteiger partial charge on any atom is -0.256 e. The molecule has 1 aromatic heterocycles. The molecule has 0 radical (unpaired) electrons. The molecular weight excluding hydrogens is 242 g/mol. The van der Waals surface area contributed by atoms with Crippen LogP contribution in [0, 0.1) is 13.8 Å². The van der Waals surface area contributed by atoms with E-state index in [-0.39, 0.29) is 0 Å². The summed E-state index contributed by atoms with van der Waals surface area (Å²) in [6.45, 7) is 4.16. The summed E-state index contributed by atoms with van der Waals surface area (Å²) < 4.78 is 0. The number of hydrogen-bond acceptors (Lipinski definition) is 1. The topological polar surface area (TPSA) is 12.9 Å². The number of rotatable bonds is 2. The van der Waals surface area contributed by atoms with Gasteiger partial charge in [-0.3, -0.25) is 4.98 Å². The fourth-order valence-electron chi connectivity index (χ4n) is 2.22. The quantitative estimate of drug-likeness (QED) is 0.628. The Labute approximate surface area is 119 Å². The van der Waals surface area contributed by atoms with Gasteiger partial charge in [-0.25, -0.2) is 0 Å². The number of pyridine rings is 1. The first-order chi connectivity index (χ1) is 9.72. The molecule has 0 bridgehead atoms. The fourth-order valence-corrected chi connectivity index (χ4v) is 2.22. The second kappa shape index (κ2) is 5.30. The van der Waals surface area contributed by atoms with Crippen LogP contribution in [0.25, 0.3) is 22.4 Å². The van der Waals surface area contributed by atoms with Gasteiger partial charge in [0.2, 0.25) is 0 Å². The van der Waals surface area contributed by atoms with Gasteiger partial charge in [0.15, 0.2) is 0 Å². The molecule has 1 nitrogen and oxygen atoms in total. The normalized spacial score (nSPS) is 10.5. The molecule has 1 heterocycles. The van der Waals surface area contributed by atoms with E-state index in [2.05, 4.69) is 79.5 Å². The average Bonchev–Trinajstić information content (AvgIpc) is 2.49. The van der Waals surface area contributed by atoms with Crippen LogP contribution < -0.4 is 0 Å². The van der Waals surface area contributed by atoms with Gasteiger partial charge < -0.3 is 0 Å². The molecule has 0 aliphatic rings. The molecule has 3 rings (SSSR count). The van der Waals surface area contributed by atoms with E-state index in [0.717, 1.165) is 11.3 Å². The average molecular weight is 259 g/mol. The van der Waals surface area contributed by atoms with Gasteiger partial charge in [-0.2, -0.15) is 0 Å². The zero-order valence-corrected chi connectivity index (χ0v) is 11.8. The van der Waals surface area contributed by atoms with Crippen molar-refractivity contribution in [3.63, 3.8) is 0 Å². The van der Waals surface area contributed by atoms with Crippen LogP contribution in [-0.4, -0.2) is 4.98 Å². The van der Waals surface area contributed by atoms with E-state index in [9.17, 15) is 0 Å². The molecule has 2 aromatic carbocycles. The number of benzene rings is 2. The SMILES string of the molecule is Cc1ccc(-c2ccc(-c3ccc(C)cn3)cc2)cc1. The highest BCUT2D eigenvalue weighted by atomic mass is 14.7.